The van der Waals surface area contributed by atoms with Gasteiger partial charge in [-0.2, -0.15) is 0 Å². The predicted octanol–water partition coefficient (Wildman–Crippen LogP) is -0.0680. The van der Waals surface area contributed by atoms with Gasteiger partial charge in [-0.15, -0.1) is 0 Å². The Hall–Kier alpha value is -2.38. The molecule has 8 nitrogen and oxygen atoms in total. The van der Waals surface area contributed by atoms with Crippen LogP contribution in [-0.4, -0.2) is 29.8 Å². The topological polar surface area (TPSA) is 99.1 Å². The normalized spacial score (nSPS) is 11.2. The quantitative estimate of drug-likeness (QED) is 0.845. The molecule has 0 amide bonds. The Morgan fingerprint density at radius 2 is 1.90 bits per heavy atom. The van der Waals surface area contributed by atoms with Crippen LogP contribution in [0.15, 0.2) is 9.59 Å². The van der Waals surface area contributed by atoms with Gasteiger partial charge in [0.1, 0.15) is 0 Å². The summed E-state index contributed by atoms with van der Waals surface area (Å²) in [5, 5.41) is 9.21. The van der Waals surface area contributed by atoms with Crippen LogP contribution in [0.5, 0.6) is 0 Å². The maximum absolute atomic E-state index is 12.0. The predicted molar refractivity (Wildman–Crippen MR) is 72.1 cm³/mol. The molecule has 0 unspecified atom stereocenters. The lowest BCUT2D eigenvalue weighted by Gasteiger charge is -2.09. The van der Waals surface area contributed by atoms with Crippen molar-refractivity contribution < 1.29 is 9.90 Å². The van der Waals surface area contributed by atoms with Gasteiger partial charge in [-0.1, -0.05) is 13.3 Å². The molecule has 108 valence electrons. The lowest BCUT2D eigenvalue weighted by atomic mass is 10.3. The maximum Gasteiger partial charge on any atom is 0.372 e. The van der Waals surface area contributed by atoms with Crippen LogP contribution in [0, 0.1) is 0 Å². The van der Waals surface area contributed by atoms with Gasteiger partial charge in [-0.3, -0.25) is 13.9 Å². The Kier molecular flexibility index (Phi) is 3.47. The van der Waals surface area contributed by atoms with Crippen molar-refractivity contribution in [3.63, 3.8) is 0 Å². The molecule has 0 saturated heterocycles. The molecule has 2 aromatic heterocycles. The molecule has 0 atom stereocenters. The van der Waals surface area contributed by atoms with Gasteiger partial charge in [0.05, 0.1) is 0 Å². The van der Waals surface area contributed by atoms with E-state index < -0.39 is 17.2 Å². The minimum Gasteiger partial charge on any atom is -0.475 e. The first-order valence-electron chi connectivity index (χ1n) is 6.29. The number of fused-ring (bicyclic) bond motifs is 1. The van der Waals surface area contributed by atoms with E-state index in [9.17, 15) is 19.5 Å². The number of hydrogen-bond acceptors (Lipinski definition) is 4. The van der Waals surface area contributed by atoms with Gasteiger partial charge in [-0.05, 0) is 6.42 Å². The monoisotopic (exact) mass is 280 g/mol. The van der Waals surface area contributed by atoms with Crippen LogP contribution in [-0.2, 0) is 20.6 Å². The molecule has 2 aromatic rings. The van der Waals surface area contributed by atoms with Crippen molar-refractivity contribution >= 4 is 17.1 Å². The van der Waals surface area contributed by atoms with E-state index in [-0.39, 0.29) is 17.0 Å². The molecule has 0 bridgehead atoms. The van der Waals surface area contributed by atoms with Gasteiger partial charge in [0.15, 0.2) is 11.2 Å². The van der Waals surface area contributed by atoms with E-state index in [0.717, 1.165) is 17.4 Å². The second-order valence-corrected chi connectivity index (χ2v) is 4.62. The lowest BCUT2D eigenvalue weighted by Crippen LogP contribution is -2.37. The number of carboxylic acid groups (broad SMARTS) is 1. The molecule has 1 N–H and O–H groups in total. The van der Waals surface area contributed by atoms with Crippen molar-refractivity contribution in [1.29, 1.82) is 0 Å². The number of rotatable bonds is 4. The molecule has 0 aliphatic rings. The molecule has 8 heteroatoms. The Morgan fingerprint density at radius 3 is 2.45 bits per heavy atom. The summed E-state index contributed by atoms with van der Waals surface area (Å²) in [5.41, 5.74) is -0.829. The zero-order chi connectivity index (χ0) is 15.0. The number of carbonyl (C=O) groups is 1. The second kappa shape index (κ2) is 4.95. The molecule has 0 saturated carbocycles. The average Bonchev–Trinajstić information content (AvgIpc) is 2.80. The highest BCUT2D eigenvalue weighted by Gasteiger charge is 2.22. The van der Waals surface area contributed by atoms with Gasteiger partial charge in [0, 0.05) is 20.6 Å². The number of aromatic nitrogens is 4. The number of unbranched alkanes of at least 4 members (excludes halogenated alkanes) is 1. The van der Waals surface area contributed by atoms with E-state index in [1.165, 1.54) is 23.2 Å². The van der Waals surface area contributed by atoms with Crippen molar-refractivity contribution in [3.8, 4) is 0 Å². The fourth-order valence-electron chi connectivity index (χ4n) is 2.18. The van der Waals surface area contributed by atoms with E-state index in [1.807, 2.05) is 6.92 Å². The Morgan fingerprint density at radius 1 is 1.25 bits per heavy atom. The summed E-state index contributed by atoms with van der Waals surface area (Å²) in [6.45, 7) is 2.37. The summed E-state index contributed by atoms with van der Waals surface area (Å²) < 4.78 is 3.60. The van der Waals surface area contributed by atoms with Gasteiger partial charge >= 0.3 is 11.7 Å². The van der Waals surface area contributed by atoms with Gasteiger partial charge in [0.2, 0.25) is 5.82 Å². The molecule has 0 fully saturated rings. The first kappa shape index (κ1) is 14.0. The van der Waals surface area contributed by atoms with Crippen LogP contribution in [0.3, 0.4) is 0 Å². The van der Waals surface area contributed by atoms with Gasteiger partial charge < -0.3 is 9.67 Å². The minimum absolute atomic E-state index is 0.00287. The number of hydrogen-bond donors (Lipinski definition) is 1. The maximum atomic E-state index is 12.0. The summed E-state index contributed by atoms with van der Waals surface area (Å²) in [7, 11) is 2.84. The van der Waals surface area contributed by atoms with E-state index in [4.69, 9.17) is 0 Å². The lowest BCUT2D eigenvalue weighted by molar-refractivity contribution is 0.0678. The van der Waals surface area contributed by atoms with Crippen LogP contribution in [0.4, 0.5) is 0 Å². The van der Waals surface area contributed by atoms with Crippen LogP contribution >= 0.6 is 0 Å². The fraction of sp³-hybridized carbons (Fsp3) is 0.500. The van der Waals surface area contributed by atoms with Crippen molar-refractivity contribution in [2.45, 2.75) is 26.3 Å². The average molecular weight is 280 g/mol. The van der Waals surface area contributed by atoms with Crippen LogP contribution in [0.25, 0.3) is 11.2 Å². The zero-order valence-electron chi connectivity index (χ0n) is 11.6. The third-order valence-electron chi connectivity index (χ3n) is 3.27. The van der Waals surface area contributed by atoms with Gasteiger partial charge in [-0.25, -0.2) is 14.6 Å². The number of aromatic carboxylic acids is 1. The molecule has 0 aliphatic heterocycles. The van der Waals surface area contributed by atoms with E-state index >= 15 is 0 Å². The Labute approximate surface area is 113 Å². The molecular formula is C12H16N4O4. The molecular weight excluding hydrogens is 264 g/mol. The molecule has 2 heterocycles. The highest BCUT2D eigenvalue weighted by Crippen LogP contribution is 2.12. The zero-order valence-corrected chi connectivity index (χ0v) is 11.6. The SMILES string of the molecule is CCCCn1c(C(=O)O)nc2c(=O)n(C)c(=O)n(C)c21. The molecule has 0 aliphatic carbocycles. The standard InChI is InChI=1S/C12H16N4O4/c1-4-5-6-16-8(11(18)19)13-7-9(16)14(2)12(20)15(3)10(7)17/h4-6H2,1-3H3,(H,18,19). The number of carboxylic acids is 1. The summed E-state index contributed by atoms with van der Waals surface area (Å²) in [5.74, 6) is -1.43. The highest BCUT2D eigenvalue weighted by molar-refractivity contribution is 5.88. The van der Waals surface area contributed by atoms with Crippen LogP contribution < -0.4 is 11.2 Å². The Bertz CT molecular complexity index is 796. The van der Waals surface area contributed by atoms with Crippen LogP contribution in [0.1, 0.15) is 30.4 Å². The van der Waals surface area contributed by atoms with Crippen LogP contribution in [0.2, 0.25) is 0 Å². The largest absolute Gasteiger partial charge is 0.475 e. The van der Waals surface area contributed by atoms with Crippen molar-refractivity contribution in [3.05, 3.63) is 26.7 Å². The molecule has 2 rings (SSSR count). The highest BCUT2D eigenvalue weighted by atomic mass is 16.4. The van der Waals surface area contributed by atoms with Crippen molar-refractivity contribution in [2.24, 2.45) is 14.1 Å². The smallest absolute Gasteiger partial charge is 0.372 e. The number of aryl methyl sites for hydroxylation is 2. The summed E-state index contributed by atoms with van der Waals surface area (Å²) >= 11 is 0. The van der Waals surface area contributed by atoms with Crippen molar-refractivity contribution in [1.82, 2.24) is 18.7 Å². The third kappa shape index (κ3) is 1.93. The minimum atomic E-state index is -1.22. The van der Waals surface area contributed by atoms with E-state index in [1.54, 1.807) is 0 Å². The summed E-state index contributed by atoms with van der Waals surface area (Å²) in [6, 6.07) is 0. The molecule has 20 heavy (non-hydrogen) atoms. The van der Waals surface area contributed by atoms with Crippen molar-refractivity contribution in [2.75, 3.05) is 0 Å². The van der Waals surface area contributed by atoms with E-state index in [2.05, 4.69) is 4.98 Å². The third-order valence-corrected chi connectivity index (χ3v) is 3.27. The molecule has 0 aromatic carbocycles. The second-order valence-electron chi connectivity index (χ2n) is 4.62. The fourth-order valence-corrected chi connectivity index (χ4v) is 2.18. The summed E-state index contributed by atoms with van der Waals surface area (Å²) in [6.07, 6.45) is 1.59. The molecule has 0 spiro atoms. The number of nitrogens with zero attached hydrogens (tertiary/aromatic N) is 4. The Balaban J connectivity index is 2.93. The summed E-state index contributed by atoms with van der Waals surface area (Å²) in [4.78, 5) is 39.2. The van der Waals surface area contributed by atoms with E-state index in [0.29, 0.717) is 6.54 Å². The first-order chi connectivity index (χ1) is 9.40. The first-order valence-corrected chi connectivity index (χ1v) is 6.29. The molecule has 0 radical (unpaired) electrons. The number of imidazole rings is 1. The van der Waals surface area contributed by atoms with Gasteiger partial charge in [0.25, 0.3) is 5.56 Å².